The number of hydrogen-bond donors (Lipinski definition) is 0. The highest BCUT2D eigenvalue weighted by Crippen LogP contribution is 2.44. The molecule has 0 amide bonds. The molecule has 0 bridgehead atoms. The second-order valence-corrected chi connectivity index (χ2v) is 24.7. The molecular weight excluding hydrogens is 1090 g/mol. The molecule has 15 rings (SSSR count). The molecule has 0 N–H and O–H groups in total. The summed E-state index contributed by atoms with van der Waals surface area (Å²) in [5.41, 5.74) is 29.6. The Morgan fingerprint density at radius 2 is 0.589 bits per heavy atom. The molecule has 6 nitrogen and oxygen atoms in total. The topological polar surface area (TPSA) is 72.3 Å². The molecule has 15 aromatic rings. The Labute approximate surface area is 525 Å². The highest BCUT2D eigenvalue weighted by Gasteiger charge is 2.25. The first-order chi connectivity index (χ1) is 43.8. The second-order valence-electron chi connectivity index (χ2n) is 24.7. The number of hydrogen-bond acceptors (Lipinski definition) is 4. The average molecular weight is 1160 g/mol. The van der Waals surface area contributed by atoms with Crippen LogP contribution in [0, 0.1) is 66.7 Å². The van der Waals surface area contributed by atoms with E-state index in [9.17, 15) is 5.26 Å². The standard InChI is InChI=1S/C84H64N6/c1-50-32-51(2)37-65(36-50)60-23-28-77-71(44-60)72-45-61(66-38-52(3)33-53(4)39-66)24-29-78(72)89(77)76-21-15-20-69(75(76)49-85)64-22-27-70(84-87-82(58-16-11-9-12-17-58)86-83(88-84)59-18-13-10-14-19-59)81(48-64)90-79-30-25-62(67-40-54(5)34-55(6)41-67)46-73(79)74-47-63(26-31-80(74)90)68-42-56(7)35-57(8)43-68/h9-48H,1-8H3. The number of nitrogens with zero attached hydrogens (tertiary/aromatic N) is 6. The fraction of sp³-hybridized carbons (Fsp3) is 0.0952. The van der Waals surface area contributed by atoms with Gasteiger partial charge in [0.2, 0.25) is 0 Å². The molecule has 0 spiro atoms. The van der Waals surface area contributed by atoms with Gasteiger partial charge in [-0.1, -0.05) is 220 Å². The van der Waals surface area contributed by atoms with Crippen LogP contribution in [0.5, 0.6) is 0 Å². The van der Waals surface area contributed by atoms with E-state index in [-0.39, 0.29) is 0 Å². The summed E-state index contributed by atoms with van der Waals surface area (Å²) in [6, 6.07) is 90.4. The molecular formula is C84H64N6. The Morgan fingerprint density at radius 3 is 0.944 bits per heavy atom. The predicted molar refractivity (Wildman–Crippen MR) is 375 cm³/mol. The third-order valence-corrected chi connectivity index (χ3v) is 17.6. The van der Waals surface area contributed by atoms with Crippen molar-refractivity contribution in [2.45, 2.75) is 55.4 Å². The lowest BCUT2D eigenvalue weighted by Gasteiger charge is -2.18. The maximum atomic E-state index is 11.9. The van der Waals surface area contributed by atoms with Gasteiger partial charge in [-0.3, -0.25) is 0 Å². The molecule has 0 aliphatic heterocycles. The fourth-order valence-corrected chi connectivity index (χ4v) is 13.9. The summed E-state index contributed by atoms with van der Waals surface area (Å²) in [5, 5.41) is 16.3. The first-order valence-corrected chi connectivity index (χ1v) is 30.8. The minimum Gasteiger partial charge on any atom is -0.308 e. The van der Waals surface area contributed by atoms with Crippen molar-refractivity contribution in [3.8, 4) is 107 Å². The quantitative estimate of drug-likeness (QED) is 0.137. The molecule has 6 heteroatoms. The molecule has 0 atom stereocenters. The lowest BCUT2D eigenvalue weighted by molar-refractivity contribution is 1.06. The smallest absolute Gasteiger partial charge is 0.166 e. The third-order valence-electron chi connectivity index (χ3n) is 17.6. The van der Waals surface area contributed by atoms with Crippen LogP contribution in [0.2, 0.25) is 0 Å². The largest absolute Gasteiger partial charge is 0.308 e. The summed E-state index contributed by atoms with van der Waals surface area (Å²) in [5.74, 6) is 1.67. The minimum atomic E-state index is 0.526. The van der Waals surface area contributed by atoms with Gasteiger partial charge in [-0.05, 0) is 172 Å². The van der Waals surface area contributed by atoms with E-state index in [0.717, 1.165) is 105 Å². The van der Waals surface area contributed by atoms with Crippen LogP contribution in [-0.4, -0.2) is 24.1 Å². The average Bonchev–Trinajstić information content (AvgIpc) is 1.57. The lowest BCUT2D eigenvalue weighted by atomic mass is 9.96. The van der Waals surface area contributed by atoms with E-state index in [2.05, 4.69) is 253 Å². The monoisotopic (exact) mass is 1160 g/mol. The van der Waals surface area contributed by atoms with Crippen molar-refractivity contribution in [1.82, 2.24) is 24.1 Å². The summed E-state index contributed by atoms with van der Waals surface area (Å²) in [6.07, 6.45) is 0. The molecule has 0 saturated heterocycles. The molecule has 0 aliphatic rings. The highest BCUT2D eigenvalue weighted by atomic mass is 15.1. The molecule has 12 aromatic carbocycles. The summed E-state index contributed by atoms with van der Waals surface area (Å²) < 4.78 is 4.69. The zero-order valence-electron chi connectivity index (χ0n) is 51.8. The van der Waals surface area contributed by atoms with Crippen LogP contribution in [0.25, 0.3) is 145 Å². The number of rotatable bonds is 10. The maximum Gasteiger partial charge on any atom is 0.166 e. The molecule has 430 valence electrons. The van der Waals surface area contributed by atoms with Gasteiger partial charge < -0.3 is 9.13 Å². The molecule has 0 radical (unpaired) electrons. The fourth-order valence-electron chi connectivity index (χ4n) is 13.9. The van der Waals surface area contributed by atoms with E-state index in [0.29, 0.717) is 23.0 Å². The Morgan fingerprint density at radius 1 is 0.256 bits per heavy atom. The van der Waals surface area contributed by atoms with Gasteiger partial charge in [0.1, 0.15) is 6.07 Å². The van der Waals surface area contributed by atoms with E-state index in [1.165, 1.54) is 66.8 Å². The van der Waals surface area contributed by atoms with Crippen molar-refractivity contribution in [3.05, 3.63) is 293 Å². The summed E-state index contributed by atoms with van der Waals surface area (Å²) in [7, 11) is 0. The van der Waals surface area contributed by atoms with Crippen molar-refractivity contribution < 1.29 is 0 Å². The van der Waals surface area contributed by atoms with Gasteiger partial charge in [0, 0.05) is 43.8 Å². The molecule has 0 aliphatic carbocycles. The number of fused-ring (bicyclic) bond motifs is 6. The minimum absolute atomic E-state index is 0.526. The van der Waals surface area contributed by atoms with Gasteiger partial charge in [-0.25, -0.2) is 15.0 Å². The van der Waals surface area contributed by atoms with Crippen LogP contribution in [0.1, 0.15) is 50.1 Å². The maximum absolute atomic E-state index is 11.9. The second kappa shape index (κ2) is 22.2. The van der Waals surface area contributed by atoms with Gasteiger partial charge in [0.15, 0.2) is 17.5 Å². The van der Waals surface area contributed by atoms with Crippen LogP contribution in [-0.2, 0) is 0 Å². The zero-order valence-corrected chi connectivity index (χ0v) is 51.8. The van der Waals surface area contributed by atoms with E-state index in [4.69, 9.17) is 15.0 Å². The Kier molecular flexibility index (Phi) is 13.6. The van der Waals surface area contributed by atoms with E-state index in [1.54, 1.807) is 0 Å². The Balaban J connectivity index is 0.996. The summed E-state index contributed by atoms with van der Waals surface area (Å²) in [6.45, 7) is 17.3. The van der Waals surface area contributed by atoms with Gasteiger partial charge >= 0.3 is 0 Å². The van der Waals surface area contributed by atoms with Gasteiger partial charge in [0.05, 0.1) is 39.0 Å². The predicted octanol–water partition coefficient (Wildman–Crippen LogP) is 21.7. The lowest BCUT2D eigenvalue weighted by Crippen LogP contribution is -2.04. The van der Waals surface area contributed by atoms with Gasteiger partial charge in [-0.15, -0.1) is 0 Å². The normalized spacial score (nSPS) is 11.5. The highest BCUT2D eigenvalue weighted by molar-refractivity contribution is 6.14. The zero-order chi connectivity index (χ0) is 61.5. The summed E-state index contributed by atoms with van der Waals surface area (Å²) in [4.78, 5) is 15.9. The summed E-state index contributed by atoms with van der Waals surface area (Å²) >= 11 is 0. The number of aryl methyl sites for hydroxylation is 8. The Hall–Kier alpha value is -11.3. The van der Waals surface area contributed by atoms with E-state index < -0.39 is 0 Å². The van der Waals surface area contributed by atoms with Crippen LogP contribution in [0.4, 0.5) is 0 Å². The molecule has 3 heterocycles. The van der Waals surface area contributed by atoms with Gasteiger partial charge in [0.25, 0.3) is 0 Å². The van der Waals surface area contributed by atoms with Crippen molar-refractivity contribution in [2.75, 3.05) is 0 Å². The van der Waals surface area contributed by atoms with Crippen LogP contribution in [0.15, 0.2) is 243 Å². The van der Waals surface area contributed by atoms with Crippen LogP contribution >= 0.6 is 0 Å². The number of nitriles is 1. The SMILES string of the molecule is Cc1cc(C)cc(-c2ccc3c(c2)c2cc(-c4cc(C)cc(C)c4)ccc2n3-c2cc(-c3cccc(-n4c5ccc(-c6cc(C)cc(C)c6)cc5c5cc(-c6cc(C)cc(C)c6)ccc54)c3C#N)ccc2-c2nc(-c3ccccc3)nc(-c3ccccc3)n2)c1. The van der Waals surface area contributed by atoms with Crippen LogP contribution < -0.4 is 0 Å². The van der Waals surface area contributed by atoms with Crippen molar-refractivity contribution in [3.63, 3.8) is 0 Å². The van der Waals surface area contributed by atoms with Gasteiger partial charge in [-0.2, -0.15) is 5.26 Å². The first-order valence-electron chi connectivity index (χ1n) is 30.8. The molecule has 90 heavy (non-hydrogen) atoms. The van der Waals surface area contributed by atoms with E-state index >= 15 is 0 Å². The molecule has 0 unspecified atom stereocenters. The molecule has 3 aromatic heterocycles. The van der Waals surface area contributed by atoms with Crippen molar-refractivity contribution in [1.29, 1.82) is 5.26 Å². The Bertz CT molecular complexity index is 5110. The third kappa shape index (κ3) is 10.0. The van der Waals surface area contributed by atoms with E-state index in [1.807, 2.05) is 60.7 Å². The number of benzene rings is 12. The van der Waals surface area contributed by atoms with Crippen molar-refractivity contribution in [2.24, 2.45) is 0 Å². The van der Waals surface area contributed by atoms with Crippen molar-refractivity contribution >= 4 is 43.6 Å². The molecule has 0 fully saturated rings. The first kappa shape index (κ1) is 55.3. The number of aromatic nitrogens is 5. The van der Waals surface area contributed by atoms with Crippen LogP contribution in [0.3, 0.4) is 0 Å². The molecule has 0 saturated carbocycles.